The van der Waals surface area contributed by atoms with Crippen molar-refractivity contribution in [2.75, 3.05) is 13.2 Å². The summed E-state index contributed by atoms with van der Waals surface area (Å²) in [6, 6.07) is -0.553. The fourth-order valence-electron chi connectivity index (χ4n) is 8.75. The second-order valence-corrected chi connectivity index (χ2v) is 19.3. The third kappa shape index (κ3) is 48.1. The molecule has 0 aliphatic heterocycles. The lowest BCUT2D eigenvalue weighted by atomic mass is 10.0. The van der Waals surface area contributed by atoms with E-state index in [1.807, 2.05) is 0 Å². The number of ether oxygens (including phenoxy) is 1. The first kappa shape index (κ1) is 60.6. The van der Waals surface area contributed by atoms with Crippen molar-refractivity contribution in [2.45, 2.75) is 321 Å². The molecule has 0 aromatic heterocycles. The molecule has 3 N–H and O–H groups in total. The predicted molar refractivity (Wildman–Crippen MR) is 269 cm³/mol. The van der Waals surface area contributed by atoms with E-state index >= 15 is 0 Å². The molecule has 0 radical (unpaired) electrons. The zero-order chi connectivity index (χ0) is 45.1. The van der Waals surface area contributed by atoms with E-state index in [9.17, 15) is 19.8 Å². The summed E-state index contributed by atoms with van der Waals surface area (Å²) in [6.07, 6.45) is 60.4. The maximum absolute atomic E-state index is 12.5. The molecular weight excluding hydrogens is 767 g/mol. The van der Waals surface area contributed by atoms with E-state index in [1.54, 1.807) is 0 Å². The summed E-state index contributed by atoms with van der Waals surface area (Å²) in [5.74, 6) is -0.0656. The van der Waals surface area contributed by atoms with E-state index in [1.165, 1.54) is 218 Å². The number of unbranched alkanes of at least 4 members (excludes halogenated alkanes) is 39. The van der Waals surface area contributed by atoms with Crippen LogP contribution < -0.4 is 5.32 Å². The lowest BCUT2D eigenvalue weighted by Gasteiger charge is -2.22. The number of nitrogens with one attached hydrogen (secondary N) is 1. The third-order valence-electron chi connectivity index (χ3n) is 13.1. The first-order valence-electron chi connectivity index (χ1n) is 27.9. The topological polar surface area (TPSA) is 95.9 Å². The Bertz CT molecular complexity index is 924. The molecule has 368 valence electrons. The Kier molecular flexibility index (Phi) is 51.0. The molecule has 62 heavy (non-hydrogen) atoms. The van der Waals surface area contributed by atoms with Gasteiger partial charge in [0.2, 0.25) is 5.91 Å². The van der Waals surface area contributed by atoms with Gasteiger partial charge in [0.25, 0.3) is 0 Å². The van der Waals surface area contributed by atoms with Crippen molar-refractivity contribution in [1.82, 2.24) is 5.32 Å². The van der Waals surface area contributed by atoms with Crippen molar-refractivity contribution in [3.05, 3.63) is 12.2 Å². The molecule has 6 nitrogen and oxygen atoms in total. The van der Waals surface area contributed by atoms with Crippen molar-refractivity contribution < 1.29 is 24.5 Å². The van der Waals surface area contributed by atoms with E-state index in [4.69, 9.17) is 4.74 Å². The zero-order valence-corrected chi connectivity index (χ0v) is 41.9. The Morgan fingerprint density at radius 3 is 1.16 bits per heavy atom. The van der Waals surface area contributed by atoms with E-state index in [0.29, 0.717) is 25.9 Å². The fraction of sp³-hybridized carbons (Fsp3) is 0.929. The molecule has 0 saturated heterocycles. The Balaban J connectivity index is 3.46. The van der Waals surface area contributed by atoms with Crippen LogP contribution in [0.2, 0.25) is 0 Å². The van der Waals surface area contributed by atoms with Gasteiger partial charge in [0, 0.05) is 12.8 Å². The van der Waals surface area contributed by atoms with E-state index < -0.39 is 12.1 Å². The van der Waals surface area contributed by atoms with Crippen molar-refractivity contribution >= 4 is 11.9 Å². The number of amides is 1. The van der Waals surface area contributed by atoms with Gasteiger partial charge in [-0.05, 0) is 51.4 Å². The number of allylic oxidation sites excluding steroid dienone is 2. The minimum absolute atomic E-state index is 0.0176. The van der Waals surface area contributed by atoms with Crippen molar-refractivity contribution in [3.8, 4) is 0 Å². The summed E-state index contributed by atoms with van der Waals surface area (Å²) in [5, 5.41) is 23.3. The van der Waals surface area contributed by atoms with E-state index in [0.717, 1.165) is 57.8 Å². The number of esters is 1. The summed E-state index contributed by atoms with van der Waals surface area (Å²) in [5.41, 5.74) is 0. The Hall–Kier alpha value is -1.40. The standard InChI is InChI=1S/C56H109NO5/c1-3-5-7-9-11-13-15-17-18-19-20-21-22-23-25-28-32-36-40-44-48-54(59)53(52-58)57-55(60)49-45-41-37-33-29-26-27-31-35-39-43-47-51-62-56(61)50-46-42-38-34-30-24-16-14-12-10-8-6-4-2/h14,16,53-54,58-59H,3-13,15,17-52H2,1-2H3,(H,57,60)/b16-14-. The molecule has 0 saturated carbocycles. The van der Waals surface area contributed by atoms with E-state index in [2.05, 4.69) is 31.3 Å². The molecule has 0 bridgehead atoms. The van der Waals surface area contributed by atoms with Crippen LogP contribution in [0.1, 0.15) is 309 Å². The van der Waals surface area contributed by atoms with Crippen LogP contribution in [0, 0.1) is 0 Å². The highest BCUT2D eigenvalue weighted by Crippen LogP contribution is 2.17. The molecule has 1 amide bonds. The minimum atomic E-state index is -0.675. The molecule has 0 spiro atoms. The molecule has 2 atom stereocenters. The number of carbonyl (C=O) groups excluding carboxylic acids is 2. The maximum Gasteiger partial charge on any atom is 0.305 e. The highest BCUT2D eigenvalue weighted by molar-refractivity contribution is 5.76. The van der Waals surface area contributed by atoms with Crippen LogP contribution in [0.3, 0.4) is 0 Å². The molecule has 0 aliphatic carbocycles. The van der Waals surface area contributed by atoms with Gasteiger partial charge < -0.3 is 20.3 Å². The van der Waals surface area contributed by atoms with Crippen LogP contribution in [0.5, 0.6) is 0 Å². The van der Waals surface area contributed by atoms with Gasteiger partial charge in [0.05, 0.1) is 25.4 Å². The monoisotopic (exact) mass is 876 g/mol. The van der Waals surface area contributed by atoms with Gasteiger partial charge in [0.15, 0.2) is 0 Å². The number of hydrogen-bond acceptors (Lipinski definition) is 5. The van der Waals surface area contributed by atoms with Crippen molar-refractivity contribution in [1.29, 1.82) is 0 Å². The normalized spacial score (nSPS) is 12.6. The lowest BCUT2D eigenvalue weighted by Crippen LogP contribution is -2.45. The molecular formula is C56H109NO5. The minimum Gasteiger partial charge on any atom is -0.466 e. The van der Waals surface area contributed by atoms with Crippen LogP contribution in [0.4, 0.5) is 0 Å². The second kappa shape index (κ2) is 52.2. The zero-order valence-electron chi connectivity index (χ0n) is 41.9. The number of rotatable bonds is 52. The van der Waals surface area contributed by atoms with Crippen LogP contribution in [-0.2, 0) is 14.3 Å². The average Bonchev–Trinajstić information content (AvgIpc) is 3.27. The lowest BCUT2D eigenvalue weighted by molar-refractivity contribution is -0.143. The van der Waals surface area contributed by atoms with Crippen molar-refractivity contribution in [2.24, 2.45) is 0 Å². The second-order valence-electron chi connectivity index (χ2n) is 19.3. The molecule has 0 aliphatic rings. The van der Waals surface area contributed by atoms with Crippen LogP contribution in [0.25, 0.3) is 0 Å². The van der Waals surface area contributed by atoms with Gasteiger partial charge in [-0.2, -0.15) is 0 Å². The number of hydrogen-bond donors (Lipinski definition) is 3. The molecule has 0 rings (SSSR count). The van der Waals surface area contributed by atoms with Gasteiger partial charge in [0.1, 0.15) is 0 Å². The smallest absolute Gasteiger partial charge is 0.305 e. The number of aliphatic hydroxyl groups is 2. The SMILES string of the molecule is CCCCCC/C=C\CCCCCCCC(=O)OCCCCCCCCCCCCCCC(=O)NC(CO)C(O)CCCCCCCCCCCCCCCCCCCCCC. The average molecular weight is 876 g/mol. The highest BCUT2D eigenvalue weighted by atomic mass is 16.5. The summed E-state index contributed by atoms with van der Waals surface area (Å²) in [4.78, 5) is 24.5. The van der Waals surface area contributed by atoms with Gasteiger partial charge >= 0.3 is 5.97 Å². The molecule has 0 aromatic rings. The van der Waals surface area contributed by atoms with Gasteiger partial charge in [-0.25, -0.2) is 0 Å². The maximum atomic E-state index is 12.5. The molecule has 2 unspecified atom stereocenters. The summed E-state index contributed by atoms with van der Waals surface area (Å²) in [6.45, 7) is 4.92. The quantitative estimate of drug-likeness (QED) is 0.0321. The third-order valence-corrected chi connectivity index (χ3v) is 13.1. The Morgan fingerprint density at radius 1 is 0.435 bits per heavy atom. The molecule has 0 heterocycles. The van der Waals surface area contributed by atoms with Gasteiger partial charge in [-0.3, -0.25) is 9.59 Å². The highest BCUT2D eigenvalue weighted by Gasteiger charge is 2.20. The number of carbonyl (C=O) groups is 2. The summed E-state index contributed by atoms with van der Waals surface area (Å²) >= 11 is 0. The van der Waals surface area contributed by atoms with E-state index in [-0.39, 0.29) is 18.5 Å². The molecule has 0 fully saturated rings. The predicted octanol–water partition coefficient (Wildman–Crippen LogP) is 16.9. The first-order chi connectivity index (χ1) is 30.5. The van der Waals surface area contributed by atoms with Gasteiger partial charge in [-0.1, -0.05) is 257 Å². The molecule has 6 heteroatoms. The number of aliphatic hydroxyl groups excluding tert-OH is 2. The largest absolute Gasteiger partial charge is 0.466 e. The Labute approximate surface area is 387 Å². The van der Waals surface area contributed by atoms with Crippen molar-refractivity contribution in [3.63, 3.8) is 0 Å². The van der Waals surface area contributed by atoms with Crippen LogP contribution >= 0.6 is 0 Å². The summed E-state index contributed by atoms with van der Waals surface area (Å²) in [7, 11) is 0. The Morgan fingerprint density at radius 2 is 0.758 bits per heavy atom. The fourth-order valence-corrected chi connectivity index (χ4v) is 8.75. The van der Waals surface area contributed by atoms with Crippen LogP contribution in [0.15, 0.2) is 12.2 Å². The summed E-state index contributed by atoms with van der Waals surface area (Å²) < 4.78 is 5.45. The molecule has 0 aromatic carbocycles. The first-order valence-corrected chi connectivity index (χ1v) is 27.9. The van der Waals surface area contributed by atoms with Gasteiger partial charge in [-0.15, -0.1) is 0 Å². The van der Waals surface area contributed by atoms with Crippen LogP contribution in [-0.4, -0.2) is 47.4 Å².